The molecule has 3 heteroatoms. The lowest BCUT2D eigenvalue weighted by molar-refractivity contribution is -0.145. The minimum absolute atomic E-state index is 0.0563. The van der Waals surface area contributed by atoms with Crippen molar-refractivity contribution in [3.05, 3.63) is 36.0 Å². The van der Waals surface area contributed by atoms with Gasteiger partial charge in [-0.1, -0.05) is 25.1 Å². The molecule has 2 aromatic rings. The van der Waals surface area contributed by atoms with Crippen molar-refractivity contribution in [1.29, 1.82) is 0 Å². The molecule has 1 unspecified atom stereocenters. The van der Waals surface area contributed by atoms with E-state index in [1.165, 1.54) is 18.1 Å². The Morgan fingerprint density at radius 1 is 1.41 bits per heavy atom. The summed E-state index contributed by atoms with van der Waals surface area (Å²) in [4.78, 5) is 14.8. The van der Waals surface area contributed by atoms with E-state index in [2.05, 4.69) is 11.1 Å². The molecule has 0 bridgehead atoms. The van der Waals surface area contributed by atoms with Gasteiger partial charge < -0.3 is 9.72 Å². The molecular formula is C14H17NO2. The number of aromatic amines is 1. The topological polar surface area (TPSA) is 42.1 Å². The van der Waals surface area contributed by atoms with Crippen LogP contribution in [0.1, 0.15) is 18.9 Å². The van der Waals surface area contributed by atoms with E-state index in [0.717, 1.165) is 18.4 Å². The van der Waals surface area contributed by atoms with Gasteiger partial charge >= 0.3 is 5.97 Å². The number of hydrogen-bond acceptors (Lipinski definition) is 2. The summed E-state index contributed by atoms with van der Waals surface area (Å²) in [5, 5.41) is 1.19. The molecule has 0 fully saturated rings. The molecule has 17 heavy (non-hydrogen) atoms. The van der Waals surface area contributed by atoms with Crippen LogP contribution < -0.4 is 0 Å². The Morgan fingerprint density at radius 3 is 2.88 bits per heavy atom. The molecule has 0 saturated heterocycles. The van der Waals surface area contributed by atoms with Crippen molar-refractivity contribution in [2.45, 2.75) is 19.8 Å². The first-order valence-electron chi connectivity index (χ1n) is 5.89. The van der Waals surface area contributed by atoms with Gasteiger partial charge in [-0.25, -0.2) is 0 Å². The number of H-pyrrole nitrogens is 1. The predicted octanol–water partition coefficient (Wildman–Crippen LogP) is 2.91. The zero-order valence-corrected chi connectivity index (χ0v) is 10.2. The fourth-order valence-corrected chi connectivity index (χ4v) is 2.13. The molecule has 90 valence electrons. The summed E-state index contributed by atoms with van der Waals surface area (Å²) in [7, 11) is 1.44. The fraction of sp³-hybridized carbons (Fsp3) is 0.357. The number of para-hydroxylation sites is 1. The van der Waals surface area contributed by atoms with Crippen molar-refractivity contribution >= 4 is 16.9 Å². The van der Waals surface area contributed by atoms with Gasteiger partial charge in [0.05, 0.1) is 13.0 Å². The molecule has 0 amide bonds. The molecule has 2 rings (SSSR count). The smallest absolute Gasteiger partial charge is 0.308 e. The molecule has 1 atom stereocenters. The first-order valence-corrected chi connectivity index (χ1v) is 5.89. The maximum absolute atomic E-state index is 11.6. The Labute approximate surface area is 101 Å². The lowest BCUT2D eigenvalue weighted by Crippen LogP contribution is -2.17. The molecule has 3 nitrogen and oxygen atoms in total. The van der Waals surface area contributed by atoms with E-state index in [9.17, 15) is 4.79 Å². The summed E-state index contributed by atoms with van der Waals surface area (Å²) in [6.45, 7) is 2.01. The highest BCUT2D eigenvalue weighted by Crippen LogP contribution is 2.22. The molecule has 0 aliphatic carbocycles. The summed E-state index contributed by atoms with van der Waals surface area (Å²) in [5.74, 6) is -0.183. The SMILES string of the molecule is CCC(Cc1c[nH]c2ccccc12)C(=O)OC. The second kappa shape index (κ2) is 5.04. The molecule has 0 saturated carbocycles. The van der Waals surface area contributed by atoms with Crippen LogP contribution in [-0.2, 0) is 16.0 Å². The van der Waals surface area contributed by atoms with Crippen molar-refractivity contribution in [2.24, 2.45) is 5.92 Å². The van der Waals surface area contributed by atoms with Crippen LogP contribution in [0, 0.1) is 5.92 Å². The molecule has 0 aliphatic heterocycles. The maximum atomic E-state index is 11.6. The summed E-state index contributed by atoms with van der Waals surface area (Å²) >= 11 is 0. The second-order valence-electron chi connectivity index (χ2n) is 4.19. The van der Waals surface area contributed by atoms with Gasteiger partial charge in [0, 0.05) is 17.1 Å². The molecule has 0 radical (unpaired) electrons. The summed E-state index contributed by atoms with van der Waals surface area (Å²) in [6.07, 6.45) is 3.51. The number of rotatable bonds is 4. The van der Waals surface area contributed by atoms with Gasteiger partial charge in [-0.15, -0.1) is 0 Å². The number of nitrogens with one attached hydrogen (secondary N) is 1. The van der Waals surface area contributed by atoms with E-state index in [1.807, 2.05) is 31.3 Å². The van der Waals surface area contributed by atoms with Gasteiger partial charge in [0.25, 0.3) is 0 Å². The Kier molecular flexibility index (Phi) is 3.47. The van der Waals surface area contributed by atoms with Gasteiger partial charge in [0.2, 0.25) is 0 Å². The van der Waals surface area contributed by atoms with Crippen molar-refractivity contribution in [1.82, 2.24) is 4.98 Å². The van der Waals surface area contributed by atoms with E-state index in [1.54, 1.807) is 0 Å². The molecule has 1 aromatic heterocycles. The second-order valence-corrected chi connectivity index (χ2v) is 4.19. The van der Waals surface area contributed by atoms with Gasteiger partial charge in [-0.05, 0) is 24.5 Å². The van der Waals surface area contributed by atoms with Crippen LogP contribution in [0.25, 0.3) is 10.9 Å². The molecular weight excluding hydrogens is 214 g/mol. The highest BCUT2D eigenvalue weighted by Gasteiger charge is 2.18. The number of fused-ring (bicyclic) bond motifs is 1. The van der Waals surface area contributed by atoms with Crippen LogP contribution >= 0.6 is 0 Å². The van der Waals surface area contributed by atoms with Gasteiger partial charge in [0.1, 0.15) is 0 Å². The monoisotopic (exact) mass is 231 g/mol. The Hall–Kier alpha value is -1.77. The van der Waals surface area contributed by atoms with Crippen LogP contribution in [0.2, 0.25) is 0 Å². The zero-order chi connectivity index (χ0) is 12.3. The average molecular weight is 231 g/mol. The van der Waals surface area contributed by atoms with E-state index < -0.39 is 0 Å². The number of carbonyl (C=O) groups excluding carboxylic acids is 1. The quantitative estimate of drug-likeness (QED) is 0.822. The number of esters is 1. The van der Waals surface area contributed by atoms with Crippen LogP contribution in [0.15, 0.2) is 30.5 Å². The first-order chi connectivity index (χ1) is 8.26. The number of ether oxygens (including phenoxy) is 1. The third kappa shape index (κ3) is 2.33. The van der Waals surface area contributed by atoms with Gasteiger partial charge in [-0.2, -0.15) is 0 Å². The molecule has 1 N–H and O–H groups in total. The number of carbonyl (C=O) groups is 1. The summed E-state index contributed by atoms with van der Waals surface area (Å²) < 4.78 is 4.81. The predicted molar refractivity (Wildman–Crippen MR) is 67.8 cm³/mol. The van der Waals surface area contributed by atoms with Crippen LogP contribution in [0.3, 0.4) is 0 Å². The number of methoxy groups -OCH3 is 1. The van der Waals surface area contributed by atoms with Crippen molar-refractivity contribution in [3.63, 3.8) is 0 Å². The minimum Gasteiger partial charge on any atom is -0.469 e. The van der Waals surface area contributed by atoms with Crippen molar-refractivity contribution in [2.75, 3.05) is 7.11 Å². The number of benzene rings is 1. The van der Waals surface area contributed by atoms with Crippen LogP contribution in [0.4, 0.5) is 0 Å². The molecule has 0 spiro atoms. The van der Waals surface area contributed by atoms with E-state index in [0.29, 0.717) is 0 Å². The van der Waals surface area contributed by atoms with Gasteiger partial charge in [-0.3, -0.25) is 4.79 Å². The number of hydrogen-bond donors (Lipinski definition) is 1. The van der Waals surface area contributed by atoms with E-state index >= 15 is 0 Å². The van der Waals surface area contributed by atoms with Gasteiger partial charge in [0.15, 0.2) is 0 Å². The highest BCUT2D eigenvalue weighted by molar-refractivity contribution is 5.84. The molecule has 0 aliphatic rings. The number of aromatic nitrogens is 1. The third-order valence-corrected chi connectivity index (χ3v) is 3.17. The Morgan fingerprint density at radius 2 is 2.18 bits per heavy atom. The normalized spacial score (nSPS) is 12.6. The van der Waals surface area contributed by atoms with Crippen LogP contribution in [0.5, 0.6) is 0 Å². The molecule has 1 aromatic carbocycles. The van der Waals surface area contributed by atoms with Crippen molar-refractivity contribution < 1.29 is 9.53 Å². The maximum Gasteiger partial charge on any atom is 0.308 e. The molecule has 1 heterocycles. The largest absolute Gasteiger partial charge is 0.469 e. The Balaban J connectivity index is 2.25. The lowest BCUT2D eigenvalue weighted by atomic mass is 9.97. The first kappa shape index (κ1) is 11.7. The highest BCUT2D eigenvalue weighted by atomic mass is 16.5. The van der Waals surface area contributed by atoms with Crippen molar-refractivity contribution in [3.8, 4) is 0 Å². The third-order valence-electron chi connectivity index (χ3n) is 3.17. The van der Waals surface area contributed by atoms with Crippen LogP contribution in [-0.4, -0.2) is 18.1 Å². The standard InChI is InChI=1S/C14H17NO2/c1-3-10(14(16)17-2)8-11-9-15-13-7-5-4-6-12(11)13/h4-7,9-10,15H,3,8H2,1-2H3. The average Bonchev–Trinajstić information content (AvgIpc) is 2.78. The van der Waals surface area contributed by atoms with E-state index in [-0.39, 0.29) is 11.9 Å². The van der Waals surface area contributed by atoms with E-state index in [4.69, 9.17) is 4.74 Å². The minimum atomic E-state index is -0.127. The summed E-state index contributed by atoms with van der Waals surface area (Å²) in [5.41, 5.74) is 2.29. The lowest BCUT2D eigenvalue weighted by Gasteiger charge is -2.11. The zero-order valence-electron chi connectivity index (χ0n) is 10.2. The Bertz CT molecular complexity index is 516. The summed E-state index contributed by atoms with van der Waals surface area (Å²) in [6, 6.07) is 8.13. The fourth-order valence-electron chi connectivity index (χ4n) is 2.13.